The molecule has 41 heavy (non-hydrogen) atoms. The van der Waals surface area contributed by atoms with E-state index in [-0.39, 0.29) is 0 Å². The predicted octanol–water partition coefficient (Wildman–Crippen LogP) is 8.60. The van der Waals surface area contributed by atoms with Crippen LogP contribution >= 0.6 is 0 Å². The van der Waals surface area contributed by atoms with E-state index in [2.05, 4.69) is 87.2 Å². The average Bonchev–Trinajstić information content (AvgIpc) is 3.43. The first-order valence-corrected chi connectivity index (χ1v) is 13.7. The number of fused-ring (bicyclic) bond motifs is 1. The minimum absolute atomic E-state index is 0.701. The Bertz CT molecular complexity index is 1960. The highest BCUT2D eigenvalue weighted by Crippen LogP contribution is 2.32. The molecule has 0 aliphatic heterocycles. The van der Waals surface area contributed by atoms with Gasteiger partial charge in [0, 0.05) is 32.9 Å². The van der Waals surface area contributed by atoms with E-state index >= 15 is 0 Å². The zero-order chi connectivity index (χ0) is 28.2. The first kappa shape index (κ1) is 26.0. The summed E-state index contributed by atoms with van der Waals surface area (Å²) in [7, 11) is 0. The molecule has 0 bridgehead atoms. The van der Waals surface area contributed by atoms with Gasteiger partial charge in [-0.25, -0.2) is 9.97 Å². The van der Waals surface area contributed by atoms with E-state index in [4.69, 9.17) is 14.4 Å². The van der Waals surface area contributed by atoms with Crippen molar-refractivity contribution in [1.82, 2.24) is 9.97 Å². The van der Waals surface area contributed by atoms with Crippen LogP contribution in [-0.2, 0) is 0 Å². The standard InChI is InChI=1S/C38H30N2O/c1-4-6-15-26(3)36-31(5-2)33-23-14-22-32(37(33)41-36)29-20-13-21-30(24-29)35-25-34(27-16-9-7-10-17-27)39-38(40-35)28-18-11-8-12-19-28/h4-25H,1H2,2-3H3. The highest BCUT2D eigenvalue weighted by molar-refractivity contribution is 5.94. The van der Waals surface area contributed by atoms with Gasteiger partial charge in [-0.3, -0.25) is 0 Å². The zero-order valence-electron chi connectivity index (χ0n) is 23.2. The lowest BCUT2D eigenvalue weighted by atomic mass is 9.99. The Kier molecular flexibility index (Phi) is 7.25. The third kappa shape index (κ3) is 5.18. The monoisotopic (exact) mass is 530 g/mol. The molecule has 198 valence electrons. The number of aromatic nitrogens is 2. The SMILES string of the molecule is C=CC=CC(C)=c1oc2c(-c3cccc(-c4cc(-c5ccccc5)nc(-c5ccccc5)n4)c3)cccc2c1=CC. The van der Waals surface area contributed by atoms with Crippen molar-refractivity contribution in [2.75, 3.05) is 0 Å². The highest BCUT2D eigenvalue weighted by atomic mass is 16.3. The first-order valence-electron chi connectivity index (χ1n) is 13.7. The number of nitrogens with zero attached hydrogens (tertiary/aromatic N) is 2. The van der Waals surface area contributed by atoms with Crippen molar-refractivity contribution < 1.29 is 4.42 Å². The van der Waals surface area contributed by atoms with Gasteiger partial charge >= 0.3 is 0 Å². The summed E-state index contributed by atoms with van der Waals surface area (Å²) in [6.07, 6.45) is 7.85. The van der Waals surface area contributed by atoms with Crippen molar-refractivity contribution in [2.24, 2.45) is 0 Å². The predicted molar refractivity (Wildman–Crippen MR) is 171 cm³/mol. The van der Waals surface area contributed by atoms with Gasteiger partial charge in [0.2, 0.25) is 0 Å². The van der Waals surface area contributed by atoms with Crippen LogP contribution in [0.25, 0.3) is 67.6 Å². The summed E-state index contributed by atoms with van der Waals surface area (Å²) in [6.45, 7) is 7.91. The number of allylic oxidation sites excluding steroid dienone is 3. The number of hydrogen-bond donors (Lipinski definition) is 0. The van der Waals surface area contributed by atoms with Crippen LogP contribution in [-0.4, -0.2) is 9.97 Å². The number of hydrogen-bond acceptors (Lipinski definition) is 3. The molecule has 0 saturated heterocycles. The number of benzene rings is 4. The van der Waals surface area contributed by atoms with Gasteiger partial charge in [-0.15, -0.1) is 0 Å². The van der Waals surface area contributed by atoms with Crippen molar-refractivity contribution >= 4 is 22.6 Å². The van der Waals surface area contributed by atoms with Crippen LogP contribution in [0.5, 0.6) is 0 Å². The molecule has 2 aromatic heterocycles. The molecule has 0 aliphatic carbocycles. The smallest absolute Gasteiger partial charge is 0.160 e. The molecule has 0 saturated carbocycles. The van der Waals surface area contributed by atoms with Crippen LogP contribution in [0.4, 0.5) is 0 Å². The summed E-state index contributed by atoms with van der Waals surface area (Å²) in [5, 5.41) is 2.19. The van der Waals surface area contributed by atoms with E-state index in [0.717, 1.165) is 66.4 Å². The van der Waals surface area contributed by atoms with E-state index in [0.29, 0.717) is 5.82 Å². The van der Waals surface area contributed by atoms with E-state index in [1.54, 1.807) is 6.08 Å². The molecule has 3 nitrogen and oxygen atoms in total. The van der Waals surface area contributed by atoms with Crippen molar-refractivity contribution in [1.29, 1.82) is 0 Å². The van der Waals surface area contributed by atoms with Crippen LogP contribution in [0.2, 0.25) is 0 Å². The minimum atomic E-state index is 0.701. The van der Waals surface area contributed by atoms with Gasteiger partial charge in [-0.1, -0.05) is 128 Å². The molecular weight excluding hydrogens is 500 g/mol. The van der Waals surface area contributed by atoms with Crippen molar-refractivity contribution in [3.63, 3.8) is 0 Å². The Morgan fingerprint density at radius 3 is 2.05 bits per heavy atom. The quantitative estimate of drug-likeness (QED) is 0.202. The van der Waals surface area contributed by atoms with Crippen LogP contribution in [0.1, 0.15) is 13.8 Å². The molecule has 0 radical (unpaired) electrons. The third-order valence-corrected chi connectivity index (χ3v) is 7.18. The molecule has 4 aromatic carbocycles. The average molecular weight is 531 g/mol. The topological polar surface area (TPSA) is 38.9 Å². The Morgan fingerprint density at radius 1 is 0.707 bits per heavy atom. The molecule has 0 spiro atoms. The lowest BCUT2D eigenvalue weighted by molar-refractivity contribution is 0.573. The van der Waals surface area contributed by atoms with Gasteiger partial charge in [-0.05, 0) is 37.1 Å². The van der Waals surface area contributed by atoms with Crippen LogP contribution < -0.4 is 10.6 Å². The maximum Gasteiger partial charge on any atom is 0.160 e. The molecule has 0 unspecified atom stereocenters. The molecule has 0 aliphatic rings. The number of rotatable bonds is 6. The molecule has 6 rings (SSSR count). The Balaban J connectivity index is 1.53. The van der Waals surface area contributed by atoms with Crippen molar-refractivity contribution in [3.8, 4) is 45.0 Å². The number of furan rings is 1. The zero-order valence-corrected chi connectivity index (χ0v) is 23.2. The largest absolute Gasteiger partial charge is 0.455 e. The summed E-state index contributed by atoms with van der Waals surface area (Å²) in [5.41, 5.74) is 9.72. The fraction of sp³-hybridized carbons (Fsp3) is 0.0526. The van der Waals surface area contributed by atoms with E-state index in [1.165, 1.54) is 0 Å². The molecular formula is C38H30N2O. The summed E-state index contributed by atoms with van der Waals surface area (Å²) < 4.78 is 6.55. The maximum atomic E-state index is 6.55. The Hall–Kier alpha value is -5.28. The Labute approximate surface area is 240 Å². The van der Waals surface area contributed by atoms with Crippen LogP contribution in [0.15, 0.2) is 138 Å². The van der Waals surface area contributed by atoms with Gasteiger partial charge < -0.3 is 4.42 Å². The highest BCUT2D eigenvalue weighted by Gasteiger charge is 2.14. The molecule has 6 aromatic rings. The summed E-state index contributed by atoms with van der Waals surface area (Å²) in [4.78, 5) is 9.96. The molecule has 0 N–H and O–H groups in total. The minimum Gasteiger partial charge on any atom is -0.455 e. The van der Waals surface area contributed by atoms with Crippen LogP contribution in [0, 0.1) is 0 Å². The van der Waals surface area contributed by atoms with Gasteiger partial charge in [0.1, 0.15) is 11.0 Å². The molecule has 0 fully saturated rings. The summed E-state index contributed by atoms with van der Waals surface area (Å²) in [5.74, 6) is 0.701. The van der Waals surface area contributed by atoms with E-state index < -0.39 is 0 Å². The number of para-hydroxylation sites is 1. The normalized spacial score (nSPS) is 12.7. The summed E-state index contributed by atoms with van der Waals surface area (Å²) in [6, 6.07) is 37.3. The van der Waals surface area contributed by atoms with Crippen molar-refractivity contribution in [3.05, 3.63) is 145 Å². The summed E-state index contributed by atoms with van der Waals surface area (Å²) >= 11 is 0. The maximum absolute atomic E-state index is 6.55. The second-order valence-corrected chi connectivity index (χ2v) is 9.87. The van der Waals surface area contributed by atoms with Gasteiger partial charge in [0.05, 0.1) is 11.4 Å². The fourth-order valence-electron chi connectivity index (χ4n) is 5.15. The Morgan fingerprint density at radius 2 is 1.34 bits per heavy atom. The molecule has 2 heterocycles. The molecule has 0 amide bonds. The van der Waals surface area contributed by atoms with Gasteiger partial charge in [0.25, 0.3) is 0 Å². The van der Waals surface area contributed by atoms with E-state index in [1.807, 2.05) is 60.7 Å². The molecule has 3 heteroatoms. The fourth-order valence-corrected chi connectivity index (χ4v) is 5.15. The lowest BCUT2D eigenvalue weighted by Gasteiger charge is -2.11. The van der Waals surface area contributed by atoms with Gasteiger partial charge in [-0.2, -0.15) is 0 Å². The second kappa shape index (κ2) is 11.4. The van der Waals surface area contributed by atoms with Crippen molar-refractivity contribution in [2.45, 2.75) is 13.8 Å². The lowest BCUT2D eigenvalue weighted by Crippen LogP contribution is -2.21. The molecule has 0 atom stereocenters. The first-order chi connectivity index (χ1) is 20.2. The van der Waals surface area contributed by atoms with Crippen LogP contribution in [0.3, 0.4) is 0 Å². The third-order valence-electron chi connectivity index (χ3n) is 7.18. The van der Waals surface area contributed by atoms with E-state index in [9.17, 15) is 0 Å². The second-order valence-electron chi connectivity index (χ2n) is 9.87. The van der Waals surface area contributed by atoms with Gasteiger partial charge in [0.15, 0.2) is 5.82 Å².